The molecule has 0 N–H and O–H groups in total. The summed E-state index contributed by atoms with van der Waals surface area (Å²) >= 11 is 0. The molecule has 0 spiro atoms. The van der Waals surface area contributed by atoms with Gasteiger partial charge in [0.1, 0.15) is 0 Å². The number of hydrogen-bond acceptors (Lipinski definition) is 0. The van der Waals surface area contributed by atoms with Crippen molar-refractivity contribution in [1.82, 2.24) is 0 Å². The molecule has 0 aromatic heterocycles. The van der Waals surface area contributed by atoms with Crippen LogP contribution in [0.3, 0.4) is 0 Å². The van der Waals surface area contributed by atoms with Crippen LogP contribution < -0.4 is 0 Å². The number of benzene rings is 12. The number of aryl methyl sites for hydroxylation is 2. The zero-order valence-electron chi connectivity index (χ0n) is 58.5. The molecule has 494 valence electrons. The van der Waals surface area contributed by atoms with Crippen LogP contribution in [0.2, 0.25) is 0 Å². The van der Waals surface area contributed by atoms with Crippen LogP contribution >= 0.6 is 0 Å². The van der Waals surface area contributed by atoms with E-state index in [1.165, 1.54) is 158 Å². The van der Waals surface area contributed by atoms with Gasteiger partial charge in [0.2, 0.25) is 0 Å². The molecule has 12 aromatic rings. The summed E-state index contributed by atoms with van der Waals surface area (Å²) in [5.41, 5.74) is 5.90. The minimum Gasteiger partial charge on any atom is -0.0654 e. The predicted octanol–water partition coefficient (Wildman–Crippen LogP) is 26.6. The number of unbranched alkanes of at least 4 members (excludes halogenated alkanes) is 8. The van der Waals surface area contributed by atoms with Crippen molar-refractivity contribution < 1.29 is 0 Å². The van der Waals surface area contributed by atoms with Crippen molar-refractivity contribution in [3.8, 4) is 0 Å². The zero-order chi connectivity index (χ0) is 67.7. The van der Waals surface area contributed by atoms with Crippen molar-refractivity contribution in [2.45, 2.75) is 196 Å². The third-order valence-electron chi connectivity index (χ3n) is 17.0. The highest BCUT2D eigenvalue weighted by molar-refractivity contribution is 7.98. The molecule has 4 heteroatoms. The van der Waals surface area contributed by atoms with Crippen molar-refractivity contribution in [3.05, 3.63) is 362 Å². The Balaban J connectivity index is 0.000000152. The molecule has 0 bridgehead atoms. The molecule has 0 nitrogen and oxygen atoms in total. The van der Waals surface area contributed by atoms with Gasteiger partial charge in [-0.05, 0) is 205 Å². The van der Waals surface area contributed by atoms with Gasteiger partial charge < -0.3 is 0 Å². The van der Waals surface area contributed by atoms with Crippen molar-refractivity contribution in [2.75, 3.05) is 0 Å². The lowest BCUT2D eigenvalue weighted by Crippen LogP contribution is -2.11. The fraction of sp³-hybridized carbons (Fsp3) is 0.226. The lowest BCUT2D eigenvalue weighted by Gasteiger charge is -2.19. The van der Waals surface area contributed by atoms with E-state index in [-0.39, 0.29) is 49.0 Å². The van der Waals surface area contributed by atoms with E-state index in [9.17, 15) is 0 Å². The summed E-state index contributed by atoms with van der Waals surface area (Å²) < 4.78 is 0. The predicted molar refractivity (Wildman–Crippen MR) is 424 cm³/mol. The molecule has 0 heterocycles. The molecule has 0 aliphatic heterocycles. The van der Waals surface area contributed by atoms with Crippen molar-refractivity contribution >= 4 is 43.6 Å². The Labute approximate surface area is 596 Å². The highest BCUT2D eigenvalue weighted by Crippen LogP contribution is 2.36. The highest BCUT2D eigenvalue weighted by Gasteiger charge is 2.32. The average Bonchev–Trinajstić information content (AvgIpc) is 0.905. The molecule has 0 atom stereocenters. The molecule has 0 unspecified atom stereocenters. The monoisotopic (exact) mass is 1350 g/mol. The SMILES string of the molecule is CC(C)(C)c1ccc([S+](c2ccccc2)c2ccccc2)cc1.CC(C)c1ccc([S+](c2ccccc2)c2ccccc2)cc1.CCCCCCCCc1ccc([S+](c2ccccc2)c2ccccc2)cc1.CCCCCCc1ccc([S+](c2ccccc2)c2ccccc2)cc1. The average molecular weight is 1350 g/mol. The topological polar surface area (TPSA) is 0 Å². The molecule has 0 fully saturated rings. The Kier molecular flexibility index (Phi) is 30.3. The molecule has 12 aromatic carbocycles. The molecule has 0 saturated heterocycles. The molecule has 12 rings (SSSR count). The Bertz CT molecular complexity index is 3850. The zero-order valence-corrected chi connectivity index (χ0v) is 61.8. The summed E-state index contributed by atoms with van der Waals surface area (Å²) in [6.07, 6.45) is 15.9. The number of rotatable bonds is 25. The minimum absolute atomic E-state index is 0.0317. The second-order valence-electron chi connectivity index (χ2n) is 25.8. The van der Waals surface area contributed by atoms with E-state index in [1.807, 2.05) is 0 Å². The van der Waals surface area contributed by atoms with Crippen LogP contribution in [0.5, 0.6) is 0 Å². The first kappa shape index (κ1) is 73.3. The summed E-state index contributed by atoms with van der Waals surface area (Å²) in [4.78, 5) is 16.5. The van der Waals surface area contributed by atoms with Crippen molar-refractivity contribution in [1.29, 1.82) is 0 Å². The second kappa shape index (κ2) is 40.1. The first-order valence-corrected chi connectivity index (χ1v) is 40.2. The van der Waals surface area contributed by atoms with E-state index in [2.05, 4.69) is 388 Å². The first-order valence-electron chi connectivity index (χ1n) is 35.3. The number of hydrogen-bond donors (Lipinski definition) is 0. The molecule has 97 heavy (non-hydrogen) atoms. The quantitative estimate of drug-likeness (QED) is 0.0395. The fourth-order valence-electron chi connectivity index (χ4n) is 11.6. The van der Waals surface area contributed by atoms with Gasteiger partial charge >= 0.3 is 0 Å². The maximum absolute atomic E-state index is 2.34. The third kappa shape index (κ3) is 23.1. The molecule has 0 aliphatic carbocycles. The Morgan fingerprint density at radius 1 is 0.227 bits per heavy atom. The van der Waals surface area contributed by atoms with Gasteiger partial charge in [0.05, 0.1) is 43.6 Å². The normalized spacial score (nSPS) is 11.2. The van der Waals surface area contributed by atoms with Gasteiger partial charge in [0.15, 0.2) is 58.7 Å². The van der Waals surface area contributed by atoms with Crippen LogP contribution in [0.15, 0.2) is 398 Å². The van der Waals surface area contributed by atoms with Crippen LogP contribution in [0.25, 0.3) is 0 Å². The Morgan fingerprint density at radius 3 is 0.649 bits per heavy atom. The van der Waals surface area contributed by atoms with E-state index < -0.39 is 0 Å². The smallest absolute Gasteiger partial charge is 0.0654 e. The molecule has 0 aliphatic rings. The van der Waals surface area contributed by atoms with E-state index >= 15 is 0 Å². The Hall–Kier alpha value is -7.96. The maximum atomic E-state index is 2.34. The second-order valence-corrected chi connectivity index (χ2v) is 33.9. The van der Waals surface area contributed by atoms with Gasteiger partial charge in [0, 0.05) is 0 Å². The van der Waals surface area contributed by atoms with Gasteiger partial charge in [0.25, 0.3) is 0 Å². The van der Waals surface area contributed by atoms with E-state index in [1.54, 1.807) is 0 Å². The van der Waals surface area contributed by atoms with Gasteiger partial charge in [-0.15, -0.1) is 0 Å². The molecule has 0 saturated carbocycles. The molecule has 0 amide bonds. The summed E-state index contributed by atoms with van der Waals surface area (Å²) in [5, 5.41) is 0. The highest BCUT2D eigenvalue weighted by atomic mass is 32.2. The third-order valence-corrected chi connectivity index (χ3v) is 25.9. The van der Waals surface area contributed by atoms with Gasteiger partial charge in [-0.1, -0.05) is 294 Å². The van der Waals surface area contributed by atoms with Crippen LogP contribution in [-0.2, 0) is 61.8 Å². The van der Waals surface area contributed by atoms with Crippen LogP contribution in [-0.4, -0.2) is 0 Å². The first-order chi connectivity index (χ1) is 47.6. The van der Waals surface area contributed by atoms with E-state index in [4.69, 9.17) is 0 Å². The van der Waals surface area contributed by atoms with Crippen molar-refractivity contribution in [2.24, 2.45) is 0 Å². The lowest BCUT2D eigenvalue weighted by atomic mass is 9.87. The van der Waals surface area contributed by atoms with Gasteiger partial charge in [-0.25, -0.2) is 0 Å². The van der Waals surface area contributed by atoms with Crippen LogP contribution in [0.4, 0.5) is 0 Å². The molecular formula is C93H102S4+4. The van der Waals surface area contributed by atoms with Crippen LogP contribution in [0, 0.1) is 0 Å². The maximum Gasteiger partial charge on any atom is 0.166 e. The summed E-state index contributed by atoms with van der Waals surface area (Å²) in [6, 6.07) is 124. The van der Waals surface area contributed by atoms with Crippen molar-refractivity contribution in [3.63, 3.8) is 0 Å². The van der Waals surface area contributed by atoms with Crippen LogP contribution in [0.1, 0.15) is 141 Å². The summed E-state index contributed by atoms with van der Waals surface area (Å²) in [6.45, 7) is 15.8. The van der Waals surface area contributed by atoms with E-state index in [0.29, 0.717) is 5.92 Å². The fourth-order valence-corrected chi connectivity index (χ4v) is 19.9. The Morgan fingerprint density at radius 2 is 0.423 bits per heavy atom. The summed E-state index contributed by atoms with van der Waals surface area (Å²) in [5.74, 6) is 0.573. The standard InChI is InChI=1S/C26H31S.C24H27S.C22H23S.C21H21S/c1-2-3-4-5-6-9-14-23-19-21-26(22-20-23)27(24-15-10-7-11-16-24)25-17-12-8-13-18-25;1-2-3-4-7-12-21-17-19-24(20-18-21)25(22-13-8-5-9-14-22)23-15-10-6-11-16-23;1-22(2,3)18-14-16-21(17-15-18)23(19-10-6-4-7-11-19)20-12-8-5-9-13-20;1-17(2)18-13-15-21(16-14-18)22(19-9-5-3-6-10-19)20-11-7-4-8-12-20/h7-8,10-13,15-22H,2-6,9,14H2,1H3;5-6,8-11,13-20H,2-4,7,12H2,1H3;4-17H,1-3H3;3-17H,1-2H3/q4*+1. The molecular weight excluding hydrogens is 1250 g/mol. The van der Waals surface area contributed by atoms with E-state index in [0.717, 1.165) is 0 Å². The largest absolute Gasteiger partial charge is 0.166 e. The van der Waals surface area contributed by atoms with Gasteiger partial charge in [-0.3, -0.25) is 0 Å². The summed E-state index contributed by atoms with van der Waals surface area (Å²) in [7, 11) is -0.152. The lowest BCUT2D eigenvalue weighted by molar-refractivity contribution is 0.589. The van der Waals surface area contributed by atoms with Gasteiger partial charge in [-0.2, -0.15) is 0 Å². The minimum atomic E-state index is -0.0497. The molecule has 0 radical (unpaired) electrons.